The predicted octanol–water partition coefficient (Wildman–Crippen LogP) is 4.54. The number of hydrogen-bond donors (Lipinski definition) is 3. The predicted molar refractivity (Wildman–Crippen MR) is 128 cm³/mol. The average Bonchev–Trinajstić information content (AvgIpc) is 2.70. The summed E-state index contributed by atoms with van der Waals surface area (Å²) in [7, 11) is -3.73. The molecule has 0 aliphatic heterocycles. The van der Waals surface area contributed by atoms with Crippen LogP contribution in [0.15, 0.2) is 71.6 Å². The molecule has 8 heteroatoms. The minimum Gasteiger partial charge on any atom is -0.332 e. The molecule has 0 saturated heterocycles. The number of nitrogens with one attached hydrogen (secondary N) is 3. The Labute approximate surface area is 187 Å². The number of rotatable bonds is 5. The topological polar surface area (TPSA) is 87.3 Å². The Hall–Kier alpha value is -3.23. The lowest BCUT2D eigenvalue weighted by atomic mass is 10.1. The number of benzene rings is 3. The van der Waals surface area contributed by atoms with Crippen LogP contribution in [0.1, 0.15) is 27.0 Å². The van der Waals surface area contributed by atoms with Gasteiger partial charge in [0, 0.05) is 11.3 Å². The maximum absolute atomic E-state index is 12.7. The molecule has 1 amide bonds. The summed E-state index contributed by atoms with van der Waals surface area (Å²) in [4.78, 5) is 12.4. The van der Waals surface area contributed by atoms with E-state index in [4.69, 9.17) is 12.2 Å². The second-order valence-electron chi connectivity index (χ2n) is 7.23. The first kappa shape index (κ1) is 22.5. The molecule has 160 valence electrons. The quantitative estimate of drug-likeness (QED) is 0.494. The number of aryl methyl sites for hydroxylation is 3. The Bertz CT molecular complexity index is 1240. The molecule has 6 nitrogen and oxygen atoms in total. The van der Waals surface area contributed by atoms with Crippen molar-refractivity contribution in [2.75, 3.05) is 10.0 Å². The molecular formula is C23H23N3O3S2. The van der Waals surface area contributed by atoms with Crippen LogP contribution in [0.2, 0.25) is 0 Å². The van der Waals surface area contributed by atoms with Crippen LogP contribution in [0.25, 0.3) is 0 Å². The number of carbonyl (C=O) groups is 1. The van der Waals surface area contributed by atoms with Gasteiger partial charge in [-0.25, -0.2) is 8.42 Å². The van der Waals surface area contributed by atoms with Crippen molar-refractivity contribution in [3.05, 3.63) is 89.0 Å². The van der Waals surface area contributed by atoms with E-state index in [1.165, 1.54) is 12.1 Å². The lowest BCUT2D eigenvalue weighted by Gasteiger charge is -2.13. The smallest absolute Gasteiger partial charge is 0.261 e. The third-order valence-electron chi connectivity index (χ3n) is 4.56. The standard InChI is InChI=1S/C23H23N3O3S2/c1-15-5-4-6-18(14-15)22(27)25-23(30)24-19-8-10-20(11-9-19)31(28,29)26-21-12-7-16(2)13-17(21)3/h4-14,26H,1-3H3,(H2,24,25,27,30). The first-order valence-corrected chi connectivity index (χ1v) is 11.4. The summed E-state index contributed by atoms with van der Waals surface area (Å²) in [5, 5.41) is 5.62. The number of sulfonamides is 1. The van der Waals surface area contributed by atoms with Crippen LogP contribution in [0.5, 0.6) is 0 Å². The van der Waals surface area contributed by atoms with Crippen molar-refractivity contribution in [3.8, 4) is 0 Å². The number of carbonyl (C=O) groups excluding carboxylic acids is 1. The van der Waals surface area contributed by atoms with Crippen LogP contribution >= 0.6 is 12.2 Å². The summed E-state index contributed by atoms with van der Waals surface area (Å²) in [6.07, 6.45) is 0. The van der Waals surface area contributed by atoms with Gasteiger partial charge in [-0.05, 0) is 81.0 Å². The molecule has 3 aromatic carbocycles. The molecule has 0 aromatic heterocycles. The second kappa shape index (κ2) is 9.28. The number of amides is 1. The fourth-order valence-electron chi connectivity index (χ4n) is 2.97. The van der Waals surface area contributed by atoms with Gasteiger partial charge in [-0.3, -0.25) is 14.8 Å². The molecule has 3 rings (SSSR count). The van der Waals surface area contributed by atoms with Gasteiger partial charge in [0.1, 0.15) is 0 Å². The average molecular weight is 454 g/mol. The molecule has 31 heavy (non-hydrogen) atoms. The number of anilines is 2. The van der Waals surface area contributed by atoms with Gasteiger partial charge < -0.3 is 5.32 Å². The zero-order valence-corrected chi connectivity index (χ0v) is 19.0. The van der Waals surface area contributed by atoms with Crippen molar-refractivity contribution >= 4 is 44.6 Å². The van der Waals surface area contributed by atoms with E-state index in [2.05, 4.69) is 15.4 Å². The Morgan fingerprint density at radius 2 is 1.55 bits per heavy atom. The summed E-state index contributed by atoms with van der Waals surface area (Å²) in [6, 6.07) is 18.8. The summed E-state index contributed by atoms with van der Waals surface area (Å²) in [5.41, 5.74) is 4.46. The van der Waals surface area contributed by atoms with Crippen molar-refractivity contribution < 1.29 is 13.2 Å². The van der Waals surface area contributed by atoms with E-state index < -0.39 is 10.0 Å². The van der Waals surface area contributed by atoms with Gasteiger partial charge in [0.05, 0.1) is 10.6 Å². The van der Waals surface area contributed by atoms with Crippen LogP contribution in [0.4, 0.5) is 11.4 Å². The van der Waals surface area contributed by atoms with Gasteiger partial charge in [0.25, 0.3) is 15.9 Å². The zero-order chi connectivity index (χ0) is 22.6. The summed E-state index contributed by atoms with van der Waals surface area (Å²) in [5.74, 6) is -0.321. The second-order valence-corrected chi connectivity index (χ2v) is 9.32. The SMILES string of the molecule is Cc1cccc(C(=O)NC(=S)Nc2ccc(S(=O)(=O)Nc3ccc(C)cc3C)cc2)c1. The van der Waals surface area contributed by atoms with E-state index >= 15 is 0 Å². The highest BCUT2D eigenvalue weighted by molar-refractivity contribution is 7.92. The number of hydrogen-bond acceptors (Lipinski definition) is 4. The molecule has 0 bridgehead atoms. The van der Waals surface area contributed by atoms with Gasteiger partial charge in [-0.1, -0.05) is 35.4 Å². The lowest BCUT2D eigenvalue weighted by Crippen LogP contribution is -2.34. The highest BCUT2D eigenvalue weighted by Crippen LogP contribution is 2.21. The molecule has 0 saturated carbocycles. The maximum atomic E-state index is 12.7. The van der Waals surface area contributed by atoms with Crippen molar-refractivity contribution in [2.45, 2.75) is 25.7 Å². The zero-order valence-electron chi connectivity index (χ0n) is 17.4. The normalized spacial score (nSPS) is 10.9. The van der Waals surface area contributed by atoms with E-state index in [0.717, 1.165) is 16.7 Å². The van der Waals surface area contributed by atoms with Gasteiger partial charge in [0.15, 0.2) is 5.11 Å². The van der Waals surface area contributed by atoms with Crippen molar-refractivity contribution in [3.63, 3.8) is 0 Å². The molecule has 0 aliphatic rings. The Morgan fingerprint density at radius 3 is 2.19 bits per heavy atom. The highest BCUT2D eigenvalue weighted by Gasteiger charge is 2.15. The Morgan fingerprint density at radius 1 is 0.871 bits per heavy atom. The van der Waals surface area contributed by atoms with Gasteiger partial charge in [-0.2, -0.15) is 0 Å². The Balaban J connectivity index is 1.65. The summed E-state index contributed by atoms with van der Waals surface area (Å²) < 4.78 is 28.0. The molecule has 0 unspecified atom stereocenters. The van der Waals surface area contributed by atoms with E-state index in [1.807, 2.05) is 39.0 Å². The largest absolute Gasteiger partial charge is 0.332 e. The van der Waals surface area contributed by atoms with Gasteiger partial charge in [-0.15, -0.1) is 0 Å². The monoisotopic (exact) mass is 453 g/mol. The van der Waals surface area contributed by atoms with Crippen LogP contribution in [0.3, 0.4) is 0 Å². The van der Waals surface area contributed by atoms with E-state index in [9.17, 15) is 13.2 Å². The minimum absolute atomic E-state index is 0.118. The van der Waals surface area contributed by atoms with Crippen molar-refractivity contribution in [2.24, 2.45) is 0 Å². The molecule has 3 N–H and O–H groups in total. The molecule has 0 fully saturated rings. The Kier molecular flexibility index (Phi) is 6.72. The highest BCUT2D eigenvalue weighted by atomic mass is 32.2. The van der Waals surface area contributed by atoms with Crippen LogP contribution in [-0.2, 0) is 10.0 Å². The summed E-state index contributed by atoms with van der Waals surface area (Å²) in [6.45, 7) is 5.70. The molecule has 0 heterocycles. The number of thiocarbonyl (C=S) groups is 1. The van der Waals surface area contributed by atoms with E-state index in [0.29, 0.717) is 16.9 Å². The van der Waals surface area contributed by atoms with Gasteiger partial charge >= 0.3 is 0 Å². The van der Waals surface area contributed by atoms with Crippen LogP contribution in [-0.4, -0.2) is 19.4 Å². The van der Waals surface area contributed by atoms with E-state index in [-0.39, 0.29) is 15.9 Å². The molecule has 0 aliphatic carbocycles. The lowest BCUT2D eigenvalue weighted by molar-refractivity contribution is 0.0977. The molecule has 0 atom stereocenters. The molecule has 0 radical (unpaired) electrons. The van der Waals surface area contributed by atoms with Crippen molar-refractivity contribution in [1.29, 1.82) is 0 Å². The third kappa shape index (κ3) is 5.90. The first-order chi connectivity index (χ1) is 14.6. The fraction of sp³-hybridized carbons (Fsp3) is 0.130. The van der Waals surface area contributed by atoms with Crippen molar-refractivity contribution in [1.82, 2.24) is 5.32 Å². The van der Waals surface area contributed by atoms with Gasteiger partial charge in [0.2, 0.25) is 0 Å². The minimum atomic E-state index is -3.73. The first-order valence-electron chi connectivity index (χ1n) is 9.53. The molecule has 0 spiro atoms. The summed E-state index contributed by atoms with van der Waals surface area (Å²) >= 11 is 5.19. The maximum Gasteiger partial charge on any atom is 0.261 e. The van der Waals surface area contributed by atoms with E-state index in [1.54, 1.807) is 36.4 Å². The molecule has 3 aromatic rings. The molecular weight excluding hydrogens is 430 g/mol. The van der Waals surface area contributed by atoms with Crippen LogP contribution in [0, 0.1) is 20.8 Å². The fourth-order valence-corrected chi connectivity index (χ4v) is 4.31. The third-order valence-corrected chi connectivity index (χ3v) is 6.14. The van der Waals surface area contributed by atoms with Crippen LogP contribution < -0.4 is 15.4 Å².